The fourth-order valence-corrected chi connectivity index (χ4v) is 2.73. The fourth-order valence-electron chi connectivity index (χ4n) is 2.73. The minimum atomic E-state index is -0.952. The molecule has 0 bridgehead atoms. The number of carboxylic acid groups (broad SMARTS) is 1. The molecular weight excluding hydrogens is 304 g/mol. The summed E-state index contributed by atoms with van der Waals surface area (Å²) in [5.41, 5.74) is 0. The van der Waals surface area contributed by atoms with Crippen LogP contribution in [0.25, 0.3) is 0 Å². The number of aliphatic hydroxyl groups excluding tert-OH is 1. The second kappa shape index (κ2) is 13.0. The van der Waals surface area contributed by atoms with Gasteiger partial charge in [0.2, 0.25) is 0 Å². The Kier molecular flexibility index (Phi) is 11.2. The van der Waals surface area contributed by atoms with Gasteiger partial charge < -0.3 is 14.9 Å². The van der Waals surface area contributed by atoms with Gasteiger partial charge in [-0.05, 0) is 19.3 Å². The second-order valence-electron chi connectivity index (χ2n) is 6.35. The van der Waals surface area contributed by atoms with E-state index in [1.165, 1.54) is 44.6 Å². The fraction of sp³-hybridized carbons (Fsp3) is 0.650. The lowest BCUT2D eigenvalue weighted by Crippen LogP contribution is -2.16. The van der Waals surface area contributed by atoms with Crippen molar-refractivity contribution in [1.82, 2.24) is 0 Å². The van der Waals surface area contributed by atoms with Crippen LogP contribution in [0.1, 0.15) is 64.7 Å². The van der Waals surface area contributed by atoms with Gasteiger partial charge in [-0.25, -0.2) is 4.79 Å². The molecule has 0 radical (unpaired) electrons. The summed E-state index contributed by atoms with van der Waals surface area (Å²) in [4.78, 5) is 10.3. The number of allylic oxidation sites excluding steroid dienone is 5. The van der Waals surface area contributed by atoms with Gasteiger partial charge in [0.15, 0.2) is 0 Å². The number of carboxylic acids is 1. The summed E-state index contributed by atoms with van der Waals surface area (Å²) in [5, 5.41) is 18.5. The van der Waals surface area contributed by atoms with Crippen LogP contribution >= 0.6 is 0 Å². The number of ether oxygens (including phenoxy) is 1. The monoisotopic (exact) mass is 336 g/mol. The van der Waals surface area contributed by atoms with E-state index in [2.05, 4.69) is 6.92 Å². The number of unbranched alkanes of at least 4 members (excludes halogenated alkanes) is 5. The van der Waals surface area contributed by atoms with Gasteiger partial charge in [0.1, 0.15) is 6.10 Å². The number of hydrogen-bond acceptors (Lipinski definition) is 3. The maximum Gasteiger partial charge on any atom is 0.328 e. The Morgan fingerprint density at radius 1 is 1.08 bits per heavy atom. The zero-order valence-electron chi connectivity index (χ0n) is 14.8. The number of carbonyl (C=O) groups is 1. The average Bonchev–Trinajstić information content (AvgIpc) is 3.32. The van der Waals surface area contributed by atoms with Crippen LogP contribution in [0.15, 0.2) is 36.5 Å². The standard InChI is InChI=1S/C20H32O4/c1-2-3-4-5-9-12-15-18-20(24-18)17(21)14-11-8-6-7-10-13-16-19(22)23/h6-8,10,13,16-18,20-21H,2-5,9,11-12,14-15H2,1H3,(H,22,23). The summed E-state index contributed by atoms with van der Waals surface area (Å²) in [6.45, 7) is 2.23. The molecule has 1 fully saturated rings. The highest BCUT2D eigenvalue weighted by Crippen LogP contribution is 2.32. The van der Waals surface area contributed by atoms with Gasteiger partial charge in [-0.3, -0.25) is 0 Å². The third-order valence-electron chi connectivity index (χ3n) is 4.18. The summed E-state index contributed by atoms with van der Waals surface area (Å²) in [6.07, 6.45) is 20.1. The molecule has 1 aliphatic rings. The topological polar surface area (TPSA) is 70.1 Å². The second-order valence-corrected chi connectivity index (χ2v) is 6.35. The van der Waals surface area contributed by atoms with E-state index in [4.69, 9.17) is 9.84 Å². The van der Waals surface area contributed by atoms with Gasteiger partial charge in [0.25, 0.3) is 0 Å². The quantitative estimate of drug-likeness (QED) is 0.213. The smallest absolute Gasteiger partial charge is 0.328 e. The van der Waals surface area contributed by atoms with Crippen molar-refractivity contribution < 1.29 is 19.7 Å². The maximum atomic E-state index is 10.3. The normalized spacial score (nSPS) is 21.9. The number of aliphatic hydroxyl groups is 1. The number of epoxide rings is 1. The third kappa shape index (κ3) is 10.4. The molecule has 3 unspecified atom stereocenters. The van der Waals surface area contributed by atoms with Crippen LogP contribution < -0.4 is 0 Å². The van der Waals surface area contributed by atoms with E-state index in [9.17, 15) is 9.90 Å². The molecule has 1 aliphatic heterocycles. The SMILES string of the molecule is CCCCCCCCC1OC1C(O)CCC=CC=CC=CC(=O)O. The number of hydrogen-bond donors (Lipinski definition) is 2. The van der Waals surface area contributed by atoms with Gasteiger partial charge in [0.05, 0.1) is 12.2 Å². The van der Waals surface area contributed by atoms with Crippen molar-refractivity contribution in [3.63, 3.8) is 0 Å². The van der Waals surface area contributed by atoms with Crippen molar-refractivity contribution in [2.45, 2.75) is 83.0 Å². The van der Waals surface area contributed by atoms with E-state index in [1.807, 2.05) is 12.2 Å². The zero-order chi connectivity index (χ0) is 17.6. The first kappa shape index (κ1) is 20.7. The van der Waals surface area contributed by atoms with Crippen LogP contribution in [0, 0.1) is 0 Å². The molecule has 0 aromatic rings. The van der Waals surface area contributed by atoms with Crippen molar-refractivity contribution in [1.29, 1.82) is 0 Å². The Morgan fingerprint density at radius 3 is 2.54 bits per heavy atom. The molecule has 2 N–H and O–H groups in total. The summed E-state index contributed by atoms with van der Waals surface area (Å²) in [6, 6.07) is 0. The Bertz CT molecular complexity index is 425. The van der Waals surface area contributed by atoms with Crippen LogP contribution in [0.4, 0.5) is 0 Å². The highest BCUT2D eigenvalue weighted by molar-refractivity contribution is 5.80. The van der Waals surface area contributed by atoms with Crippen molar-refractivity contribution in [2.75, 3.05) is 0 Å². The predicted octanol–water partition coefficient (Wildman–Crippen LogP) is 4.40. The van der Waals surface area contributed by atoms with Crippen molar-refractivity contribution in [2.24, 2.45) is 0 Å². The van der Waals surface area contributed by atoms with E-state index in [1.54, 1.807) is 12.2 Å². The summed E-state index contributed by atoms with van der Waals surface area (Å²) in [5.74, 6) is -0.952. The Morgan fingerprint density at radius 2 is 1.79 bits per heavy atom. The maximum absolute atomic E-state index is 10.3. The Hall–Kier alpha value is -1.39. The largest absolute Gasteiger partial charge is 0.478 e. The molecule has 24 heavy (non-hydrogen) atoms. The van der Waals surface area contributed by atoms with Gasteiger partial charge in [-0.1, -0.05) is 75.8 Å². The molecule has 1 saturated heterocycles. The van der Waals surface area contributed by atoms with E-state index < -0.39 is 5.97 Å². The van der Waals surface area contributed by atoms with Crippen molar-refractivity contribution >= 4 is 5.97 Å². The lowest BCUT2D eigenvalue weighted by atomic mass is 10.0. The minimum Gasteiger partial charge on any atom is -0.478 e. The van der Waals surface area contributed by atoms with E-state index >= 15 is 0 Å². The van der Waals surface area contributed by atoms with E-state index in [-0.39, 0.29) is 18.3 Å². The van der Waals surface area contributed by atoms with Gasteiger partial charge in [-0.2, -0.15) is 0 Å². The van der Waals surface area contributed by atoms with Crippen LogP contribution in [-0.4, -0.2) is 34.5 Å². The minimum absolute atomic E-state index is 0.0306. The van der Waals surface area contributed by atoms with Crippen molar-refractivity contribution in [3.05, 3.63) is 36.5 Å². The van der Waals surface area contributed by atoms with Crippen LogP contribution in [0.5, 0.6) is 0 Å². The molecule has 1 heterocycles. The Labute approximate surface area is 145 Å². The summed E-state index contributed by atoms with van der Waals surface area (Å²) < 4.78 is 5.59. The third-order valence-corrected chi connectivity index (χ3v) is 4.18. The number of rotatable bonds is 14. The number of aliphatic carboxylic acids is 1. The molecule has 0 spiro atoms. The molecule has 0 saturated carbocycles. The molecule has 3 atom stereocenters. The highest BCUT2D eigenvalue weighted by atomic mass is 16.6. The van der Waals surface area contributed by atoms with Gasteiger partial charge >= 0.3 is 5.97 Å². The molecule has 4 heteroatoms. The molecule has 1 rings (SSSR count). The van der Waals surface area contributed by atoms with Crippen molar-refractivity contribution in [3.8, 4) is 0 Å². The van der Waals surface area contributed by atoms with Crippen LogP contribution in [0.2, 0.25) is 0 Å². The molecule has 136 valence electrons. The summed E-state index contributed by atoms with van der Waals surface area (Å²) >= 11 is 0. The van der Waals surface area contributed by atoms with Crippen LogP contribution in [0.3, 0.4) is 0 Å². The van der Waals surface area contributed by atoms with E-state index in [0.717, 1.165) is 18.9 Å². The molecule has 0 aliphatic carbocycles. The lowest BCUT2D eigenvalue weighted by Gasteiger charge is -2.05. The highest BCUT2D eigenvalue weighted by Gasteiger charge is 2.42. The van der Waals surface area contributed by atoms with Gasteiger partial charge in [0, 0.05) is 6.08 Å². The first-order chi connectivity index (χ1) is 11.6. The van der Waals surface area contributed by atoms with E-state index in [0.29, 0.717) is 6.42 Å². The molecule has 0 aromatic heterocycles. The Balaban J connectivity index is 2.00. The summed E-state index contributed by atoms with van der Waals surface area (Å²) in [7, 11) is 0. The first-order valence-corrected chi connectivity index (χ1v) is 9.21. The predicted molar refractivity (Wildman–Crippen MR) is 97.0 cm³/mol. The molecule has 0 aromatic carbocycles. The molecule has 0 amide bonds. The lowest BCUT2D eigenvalue weighted by molar-refractivity contribution is -0.131. The average molecular weight is 336 g/mol. The molecule has 4 nitrogen and oxygen atoms in total. The van der Waals surface area contributed by atoms with Crippen LogP contribution in [-0.2, 0) is 9.53 Å². The first-order valence-electron chi connectivity index (χ1n) is 9.21. The molecular formula is C20H32O4. The zero-order valence-corrected chi connectivity index (χ0v) is 14.8. The van der Waals surface area contributed by atoms with Gasteiger partial charge in [-0.15, -0.1) is 0 Å².